The molecule has 2 rings (SSSR count). The van der Waals surface area contributed by atoms with E-state index in [1.807, 2.05) is 0 Å². The normalized spacial score (nSPS) is 10.5. The van der Waals surface area contributed by atoms with Crippen molar-refractivity contribution in [3.8, 4) is 5.75 Å². The van der Waals surface area contributed by atoms with Crippen molar-refractivity contribution in [2.75, 3.05) is 5.32 Å². The van der Waals surface area contributed by atoms with Gasteiger partial charge < -0.3 is 10.1 Å². The number of aromatic nitrogens is 1. The second-order valence-electron chi connectivity index (χ2n) is 3.83. The first-order chi connectivity index (χ1) is 9.95. The lowest BCUT2D eigenvalue weighted by molar-refractivity contribution is -0.0498. The molecule has 110 valence electrons. The molecule has 0 radical (unpaired) electrons. The first kappa shape index (κ1) is 14.8. The molecule has 4 nitrogen and oxygen atoms in total. The van der Waals surface area contributed by atoms with Crippen LogP contribution in [0.25, 0.3) is 0 Å². The van der Waals surface area contributed by atoms with Crippen LogP contribution in [0.1, 0.15) is 10.4 Å². The fourth-order valence-electron chi connectivity index (χ4n) is 1.51. The summed E-state index contributed by atoms with van der Waals surface area (Å²) in [6.07, 6.45) is 0. The highest BCUT2D eigenvalue weighted by Crippen LogP contribution is 2.18. The Hall–Kier alpha value is -2.64. The Morgan fingerprint density at radius 2 is 1.95 bits per heavy atom. The zero-order valence-corrected chi connectivity index (χ0v) is 10.3. The van der Waals surface area contributed by atoms with E-state index in [2.05, 4.69) is 15.0 Å². The van der Waals surface area contributed by atoms with Crippen LogP contribution in [0, 0.1) is 11.9 Å². The van der Waals surface area contributed by atoms with Gasteiger partial charge in [0.25, 0.3) is 5.91 Å². The number of pyridine rings is 1. The highest BCUT2D eigenvalue weighted by atomic mass is 19.3. The molecule has 0 fully saturated rings. The molecule has 0 saturated carbocycles. The summed E-state index contributed by atoms with van der Waals surface area (Å²) in [4.78, 5) is 14.8. The van der Waals surface area contributed by atoms with Crippen LogP contribution >= 0.6 is 0 Å². The van der Waals surface area contributed by atoms with E-state index in [1.54, 1.807) is 0 Å². The minimum atomic E-state index is -3.03. The quantitative estimate of drug-likeness (QED) is 0.697. The number of nitrogens with one attached hydrogen (secondary N) is 1. The Morgan fingerprint density at radius 1 is 1.19 bits per heavy atom. The number of nitrogens with zero attached hydrogens (tertiary/aromatic N) is 1. The third-order valence-corrected chi connectivity index (χ3v) is 2.38. The Kier molecular flexibility index (Phi) is 4.36. The molecule has 0 aliphatic heterocycles. The summed E-state index contributed by atoms with van der Waals surface area (Å²) >= 11 is 0. The van der Waals surface area contributed by atoms with Gasteiger partial charge in [0.1, 0.15) is 5.75 Å². The molecular weight excluding hydrogens is 292 g/mol. The number of anilines is 1. The molecule has 8 heteroatoms. The molecule has 0 aliphatic rings. The fourth-order valence-corrected chi connectivity index (χ4v) is 1.51. The van der Waals surface area contributed by atoms with Crippen LogP contribution in [0.3, 0.4) is 0 Å². The minimum Gasteiger partial charge on any atom is -0.435 e. The number of ether oxygens (including phenoxy) is 1. The van der Waals surface area contributed by atoms with Gasteiger partial charge >= 0.3 is 6.61 Å². The van der Waals surface area contributed by atoms with Gasteiger partial charge in [-0.05, 0) is 30.3 Å². The lowest BCUT2D eigenvalue weighted by Crippen LogP contribution is -2.14. The molecule has 1 N–H and O–H groups in total. The van der Waals surface area contributed by atoms with Crippen LogP contribution in [-0.2, 0) is 0 Å². The van der Waals surface area contributed by atoms with Crippen LogP contribution in [0.5, 0.6) is 5.75 Å². The van der Waals surface area contributed by atoms with Gasteiger partial charge in [0, 0.05) is 5.56 Å². The van der Waals surface area contributed by atoms with Crippen molar-refractivity contribution in [1.29, 1.82) is 0 Å². The predicted molar refractivity (Wildman–Crippen MR) is 65.2 cm³/mol. The lowest BCUT2D eigenvalue weighted by atomic mass is 10.2. The summed E-state index contributed by atoms with van der Waals surface area (Å²) in [5, 5.41) is 2.15. The molecular formula is C13H8F4N2O2. The van der Waals surface area contributed by atoms with Crippen molar-refractivity contribution in [2.24, 2.45) is 0 Å². The zero-order valence-electron chi connectivity index (χ0n) is 10.3. The SMILES string of the molecule is O=C(Nc1ccc(F)nc1F)c1cccc(OC(F)F)c1. The maximum Gasteiger partial charge on any atom is 0.387 e. The minimum absolute atomic E-state index is 0.0307. The monoisotopic (exact) mass is 300 g/mol. The molecule has 0 unspecified atom stereocenters. The summed E-state index contributed by atoms with van der Waals surface area (Å²) in [5.74, 6) is -3.21. The smallest absolute Gasteiger partial charge is 0.387 e. The van der Waals surface area contributed by atoms with E-state index in [4.69, 9.17) is 0 Å². The van der Waals surface area contributed by atoms with Gasteiger partial charge in [0.2, 0.25) is 11.9 Å². The largest absolute Gasteiger partial charge is 0.435 e. The maximum absolute atomic E-state index is 13.3. The summed E-state index contributed by atoms with van der Waals surface area (Å²) in [6, 6.07) is 6.82. The summed E-state index contributed by atoms with van der Waals surface area (Å²) in [7, 11) is 0. The number of hydrogen-bond acceptors (Lipinski definition) is 3. The van der Waals surface area contributed by atoms with E-state index < -0.39 is 24.4 Å². The van der Waals surface area contributed by atoms with Gasteiger partial charge in [-0.25, -0.2) is 0 Å². The molecule has 2 aromatic rings. The molecule has 21 heavy (non-hydrogen) atoms. The molecule has 0 atom stereocenters. The van der Waals surface area contributed by atoms with Crippen LogP contribution in [0.2, 0.25) is 0 Å². The highest BCUT2D eigenvalue weighted by molar-refractivity contribution is 6.04. The van der Waals surface area contributed by atoms with Crippen molar-refractivity contribution in [3.63, 3.8) is 0 Å². The molecule has 0 bridgehead atoms. The van der Waals surface area contributed by atoms with Gasteiger partial charge in [-0.15, -0.1) is 0 Å². The van der Waals surface area contributed by atoms with Crippen molar-refractivity contribution >= 4 is 11.6 Å². The second-order valence-corrected chi connectivity index (χ2v) is 3.83. The van der Waals surface area contributed by atoms with Crippen LogP contribution < -0.4 is 10.1 Å². The molecule has 0 saturated heterocycles. The van der Waals surface area contributed by atoms with E-state index in [0.717, 1.165) is 18.2 Å². The van der Waals surface area contributed by atoms with Gasteiger partial charge in [-0.3, -0.25) is 4.79 Å². The van der Waals surface area contributed by atoms with Crippen LogP contribution in [0.4, 0.5) is 23.2 Å². The number of amides is 1. The Balaban J connectivity index is 2.16. The molecule has 0 spiro atoms. The average Bonchev–Trinajstić information content (AvgIpc) is 2.41. The van der Waals surface area contributed by atoms with Gasteiger partial charge in [0.05, 0.1) is 5.69 Å². The average molecular weight is 300 g/mol. The number of hydrogen-bond donors (Lipinski definition) is 1. The summed E-state index contributed by atoms with van der Waals surface area (Å²) < 4.78 is 54.2. The third-order valence-electron chi connectivity index (χ3n) is 2.38. The van der Waals surface area contributed by atoms with E-state index in [9.17, 15) is 22.4 Å². The summed E-state index contributed by atoms with van der Waals surface area (Å²) in [6.45, 7) is -3.03. The molecule has 1 aromatic carbocycles. The third kappa shape index (κ3) is 3.91. The standard InChI is InChI=1S/C13H8F4N2O2/c14-10-5-4-9(11(15)19-10)18-12(20)7-2-1-3-8(6-7)21-13(16)17/h1-6,13H,(H,18,20). The Bertz CT molecular complexity index is 664. The predicted octanol–water partition coefficient (Wildman–Crippen LogP) is 3.21. The van der Waals surface area contributed by atoms with E-state index in [-0.39, 0.29) is 17.0 Å². The van der Waals surface area contributed by atoms with E-state index >= 15 is 0 Å². The molecule has 1 aromatic heterocycles. The number of benzene rings is 1. The topological polar surface area (TPSA) is 51.2 Å². The molecule has 0 aliphatic carbocycles. The Labute approximate surface area is 116 Å². The number of halogens is 4. The highest BCUT2D eigenvalue weighted by Gasteiger charge is 2.12. The van der Waals surface area contributed by atoms with Crippen molar-refractivity contribution in [2.45, 2.75) is 6.61 Å². The summed E-state index contributed by atoms with van der Waals surface area (Å²) in [5.41, 5.74) is -0.363. The maximum atomic E-state index is 13.3. The van der Waals surface area contributed by atoms with Crippen LogP contribution in [-0.4, -0.2) is 17.5 Å². The lowest BCUT2D eigenvalue weighted by Gasteiger charge is -2.08. The zero-order chi connectivity index (χ0) is 15.4. The van der Waals surface area contributed by atoms with Crippen molar-refractivity contribution in [1.82, 2.24) is 4.98 Å². The molecule has 1 amide bonds. The number of carbonyl (C=O) groups excluding carboxylic acids is 1. The van der Waals surface area contributed by atoms with E-state index in [0.29, 0.717) is 0 Å². The first-order valence-electron chi connectivity index (χ1n) is 5.64. The van der Waals surface area contributed by atoms with Gasteiger partial charge in [0.15, 0.2) is 0 Å². The number of rotatable bonds is 4. The van der Waals surface area contributed by atoms with Gasteiger partial charge in [-0.2, -0.15) is 22.5 Å². The number of alkyl halides is 2. The van der Waals surface area contributed by atoms with Gasteiger partial charge in [-0.1, -0.05) is 6.07 Å². The molecule has 1 heterocycles. The first-order valence-corrected chi connectivity index (χ1v) is 5.64. The number of carbonyl (C=O) groups is 1. The van der Waals surface area contributed by atoms with Crippen LogP contribution in [0.15, 0.2) is 36.4 Å². The van der Waals surface area contributed by atoms with Crippen molar-refractivity contribution < 1.29 is 27.1 Å². The van der Waals surface area contributed by atoms with Crippen molar-refractivity contribution in [3.05, 3.63) is 53.9 Å². The fraction of sp³-hybridized carbons (Fsp3) is 0.0769. The Morgan fingerprint density at radius 3 is 2.62 bits per heavy atom. The second kappa shape index (κ2) is 6.21. The van der Waals surface area contributed by atoms with E-state index in [1.165, 1.54) is 18.2 Å².